The largest absolute Gasteiger partial charge is 0.469 e. The molecule has 3 heterocycles. The fourth-order valence-corrected chi connectivity index (χ4v) is 5.87. The Hall–Kier alpha value is -1.38. The lowest BCUT2D eigenvalue weighted by molar-refractivity contribution is -0.140. The second-order valence-corrected chi connectivity index (χ2v) is 10.5. The number of unbranched alkanes of at least 4 members (excludes halogenated alkanes) is 1. The normalized spacial score (nSPS) is 28.3. The lowest BCUT2D eigenvalue weighted by Gasteiger charge is -2.38. The van der Waals surface area contributed by atoms with Crippen LogP contribution in [0.3, 0.4) is 0 Å². The van der Waals surface area contributed by atoms with Crippen molar-refractivity contribution in [3.05, 3.63) is 0 Å². The minimum Gasteiger partial charge on any atom is -0.469 e. The van der Waals surface area contributed by atoms with Gasteiger partial charge in [-0.3, -0.25) is 9.69 Å². The van der Waals surface area contributed by atoms with Crippen LogP contribution in [0.2, 0.25) is 0 Å². The average Bonchev–Trinajstić information content (AvgIpc) is 3.65. The summed E-state index contributed by atoms with van der Waals surface area (Å²) in [6, 6.07) is 1.07. The minimum absolute atomic E-state index is 0.124. The van der Waals surface area contributed by atoms with Crippen molar-refractivity contribution in [1.29, 1.82) is 0 Å². The van der Waals surface area contributed by atoms with Crippen LogP contribution in [0.1, 0.15) is 64.2 Å². The van der Waals surface area contributed by atoms with Gasteiger partial charge in [0, 0.05) is 45.7 Å². The highest BCUT2D eigenvalue weighted by molar-refractivity contribution is 5.70. The van der Waals surface area contributed by atoms with Gasteiger partial charge in [-0.05, 0) is 64.1 Å². The van der Waals surface area contributed by atoms with Crippen LogP contribution >= 0.6 is 0 Å². The number of piperidine rings is 1. The van der Waals surface area contributed by atoms with Crippen LogP contribution in [0.4, 0.5) is 4.79 Å². The average molecular weight is 465 g/mol. The molecule has 4 fully saturated rings. The van der Waals surface area contributed by atoms with Crippen molar-refractivity contribution in [2.75, 3.05) is 60.0 Å². The molecule has 1 amide bonds. The molecular formula is C25H44N4O4. The van der Waals surface area contributed by atoms with Gasteiger partial charge in [0.15, 0.2) is 6.23 Å². The number of likely N-dealkylation sites (tertiary alicyclic amines) is 1. The number of ether oxygens (including phenoxy) is 2. The molecule has 0 bridgehead atoms. The Morgan fingerprint density at radius 2 is 1.64 bits per heavy atom. The van der Waals surface area contributed by atoms with Crippen molar-refractivity contribution in [3.8, 4) is 0 Å². The summed E-state index contributed by atoms with van der Waals surface area (Å²) in [5.74, 6) is 0.753. The number of hydrogen-bond acceptors (Lipinski definition) is 7. The van der Waals surface area contributed by atoms with Crippen LogP contribution in [-0.4, -0.2) is 110 Å². The van der Waals surface area contributed by atoms with Crippen LogP contribution in [-0.2, 0) is 14.3 Å². The number of carbonyl (C=O) groups is 2. The zero-order chi connectivity index (χ0) is 23.2. The Morgan fingerprint density at radius 3 is 2.30 bits per heavy atom. The fourth-order valence-electron chi connectivity index (χ4n) is 5.87. The van der Waals surface area contributed by atoms with Gasteiger partial charge >= 0.3 is 12.1 Å². The molecule has 188 valence electrons. The molecular weight excluding hydrogens is 420 g/mol. The van der Waals surface area contributed by atoms with E-state index >= 15 is 0 Å². The van der Waals surface area contributed by atoms with Gasteiger partial charge in [0.2, 0.25) is 0 Å². The molecule has 2 unspecified atom stereocenters. The van der Waals surface area contributed by atoms with E-state index in [4.69, 9.17) is 9.47 Å². The Bertz CT molecular complexity index is 642. The molecule has 0 aromatic rings. The van der Waals surface area contributed by atoms with E-state index < -0.39 is 0 Å². The topological polar surface area (TPSA) is 65.6 Å². The molecule has 4 aliphatic rings. The van der Waals surface area contributed by atoms with Crippen molar-refractivity contribution >= 4 is 12.1 Å². The van der Waals surface area contributed by atoms with E-state index in [0.29, 0.717) is 6.42 Å². The van der Waals surface area contributed by atoms with Crippen molar-refractivity contribution in [1.82, 2.24) is 19.6 Å². The summed E-state index contributed by atoms with van der Waals surface area (Å²) in [7, 11) is 3.33. The van der Waals surface area contributed by atoms with Crippen LogP contribution in [0.5, 0.6) is 0 Å². The second-order valence-electron chi connectivity index (χ2n) is 10.5. The predicted molar refractivity (Wildman–Crippen MR) is 127 cm³/mol. The summed E-state index contributed by atoms with van der Waals surface area (Å²) in [4.78, 5) is 32.9. The summed E-state index contributed by atoms with van der Waals surface area (Å²) >= 11 is 0. The van der Waals surface area contributed by atoms with Crippen LogP contribution in [0, 0.1) is 5.92 Å². The van der Waals surface area contributed by atoms with Gasteiger partial charge in [0.1, 0.15) is 0 Å². The molecule has 0 radical (unpaired) electrons. The molecule has 0 N–H and O–H groups in total. The molecule has 0 spiro atoms. The third-order valence-electron chi connectivity index (χ3n) is 8.26. The van der Waals surface area contributed by atoms with E-state index in [9.17, 15) is 9.59 Å². The quantitative estimate of drug-likeness (QED) is 0.344. The molecule has 1 saturated carbocycles. The lowest BCUT2D eigenvalue weighted by Crippen LogP contribution is -2.54. The number of amides is 1. The first kappa shape index (κ1) is 24.7. The molecule has 4 rings (SSSR count). The highest BCUT2D eigenvalue weighted by Gasteiger charge is 2.43. The van der Waals surface area contributed by atoms with E-state index in [-0.39, 0.29) is 24.3 Å². The van der Waals surface area contributed by atoms with E-state index in [1.807, 2.05) is 11.9 Å². The molecule has 8 nitrogen and oxygen atoms in total. The molecule has 3 saturated heterocycles. The summed E-state index contributed by atoms with van der Waals surface area (Å²) in [5, 5.41) is 0. The zero-order valence-electron chi connectivity index (χ0n) is 20.8. The number of rotatable bonds is 11. The Balaban J connectivity index is 1.15. The highest BCUT2D eigenvalue weighted by Crippen LogP contribution is 2.33. The first-order valence-corrected chi connectivity index (χ1v) is 13.3. The maximum absolute atomic E-state index is 12.3. The van der Waals surface area contributed by atoms with Crippen LogP contribution in [0.25, 0.3) is 0 Å². The maximum atomic E-state index is 12.3. The summed E-state index contributed by atoms with van der Waals surface area (Å²) in [6.07, 6.45) is 11.4. The van der Waals surface area contributed by atoms with Gasteiger partial charge in [0.25, 0.3) is 0 Å². The van der Waals surface area contributed by atoms with Gasteiger partial charge in [-0.15, -0.1) is 0 Å². The van der Waals surface area contributed by atoms with Crippen LogP contribution in [0.15, 0.2) is 0 Å². The molecule has 0 aromatic carbocycles. The first-order valence-electron chi connectivity index (χ1n) is 13.3. The van der Waals surface area contributed by atoms with Crippen molar-refractivity contribution in [2.24, 2.45) is 5.92 Å². The molecule has 0 aromatic heterocycles. The van der Waals surface area contributed by atoms with E-state index in [0.717, 1.165) is 57.5 Å². The summed E-state index contributed by atoms with van der Waals surface area (Å²) < 4.78 is 10.5. The summed E-state index contributed by atoms with van der Waals surface area (Å²) in [5.41, 5.74) is 0. The number of likely N-dealkylation sites (N-methyl/N-ethyl adjacent to an activating group) is 1. The molecule has 33 heavy (non-hydrogen) atoms. The Labute approximate surface area is 199 Å². The number of piperazine rings is 1. The number of cyclic esters (lactones) is 1. The third-order valence-corrected chi connectivity index (χ3v) is 8.26. The number of esters is 1. The van der Waals surface area contributed by atoms with Gasteiger partial charge in [-0.25, -0.2) is 4.79 Å². The fraction of sp³-hybridized carbons (Fsp3) is 0.920. The minimum atomic E-state index is -0.182. The SMILES string of the molecule is COC(=O)CCCN1CCN(C2OC(=O)N(C)C2CCCCC2CCN(C3CC3)CC2)CC1. The van der Waals surface area contributed by atoms with E-state index in [1.165, 1.54) is 65.1 Å². The Kier molecular flexibility index (Phi) is 8.88. The maximum Gasteiger partial charge on any atom is 0.411 e. The number of nitrogens with zero attached hydrogens (tertiary/aromatic N) is 4. The van der Waals surface area contributed by atoms with Gasteiger partial charge < -0.3 is 24.2 Å². The van der Waals surface area contributed by atoms with Crippen molar-refractivity contribution < 1.29 is 19.1 Å². The Morgan fingerprint density at radius 1 is 0.939 bits per heavy atom. The van der Waals surface area contributed by atoms with E-state index in [2.05, 4.69) is 14.7 Å². The van der Waals surface area contributed by atoms with Crippen LogP contribution < -0.4 is 0 Å². The molecule has 3 aliphatic heterocycles. The summed E-state index contributed by atoms with van der Waals surface area (Å²) in [6.45, 7) is 7.23. The smallest absolute Gasteiger partial charge is 0.411 e. The molecule has 1 aliphatic carbocycles. The predicted octanol–water partition coefficient (Wildman–Crippen LogP) is 2.77. The number of carbonyl (C=O) groups excluding carboxylic acids is 2. The highest BCUT2D eigenvalue weighted by atomic mass is 16.6. The first-order chi connectivity index (χ1) is 16.0. The van der Waals surface area contributed by atoms with Gasteiger partial charge in [0.05, 0.1) is 13.2 Å². The monoisotopic (exact) mass is 464 g/mol. The molecule has 8 heteroatoms. The molecule has 2 atom stereocenters. The van der Waals surface area contributed by atoms with Crippen molar-refractivity contribution in [2.45, 2.75) is 82.5 Å². The number of methoxy groups -OCH3 is 1. The van der Waals surface area contributed by atoms with Crippen molar-refractivity contribution in [3.63, 3.8) is 0 Å². The van der Waals surface area contributed by atoms with Gasteiger partial charge in [-0.2, -0.15) is 0 Å². The zero-order valence-corrected chi connectivity index (χ0v) is 20.8. The second kappa shape index (κ2) is 11.8. The number of hydrogen-bond donors (Lipinski definition) is 0. The standard InChI is InChI=1S/C25H44N4O4/c1-26-22(7-4-3-6-20-11-14-28(15-12-20)21-9-10-21)24(33-25(26)31)29-18-16-27(17-19-29)13-5-8-23(30)32-2/h20-22,24H,3-19H2,1-2H3. The van der Waals surface area contributed by atoms with E-state index in [1.54, 1.807) is 0 Å². The lowest BCUT2D eigenvalue weighted by atomic mass is 9.90. The third kappa shape index (κ3) is 6.83. The van der Waals surface area contributed by atoms with Gasteiger partial charge in [-0.1, -0.05) is 19.3 Å².